The lowest BCUT2D eigenvalue weighted by Gasteiger charge is -2.16. The molecule has 0 saturated carbocycles. The molecule has 3 aromatic rings. The molecule has 146 valence electrons. The molecule has 0 atom stereocenters. The Morgan fingerprint density at radius 1 is 0.964 bits per heavy atom. The molecule has 7 heteroatoms. The first-order valence-electron chi connectivity index (χ1n) is 8.60. The molecule has 1 heterocycles. The lowest BCUT2D eigenvalue weighted by atomic mass is 10.1. The van der Waals surface area contributed by atoms with Crippen molar-refractivity contribution in [3.63, 3.8) is 0 Å². The lowest BCUT2D eigenvalue weighted by molar-refractivity contribution is -0.117. The first kappa shape index (κ1) is 19.7. The second kappa shape index (κ2) is 9.23. The van der Waals surface area contributed by atoms with Gasteiger partial charge in [0.25, 0.3) is 0 Å². The zero-order valence-corrected chi connectivity index (χ0v) is 16.7. The van der Waals surface area contributed by atoms with Crippen LogP contribution in [0, 0.1) is 0 Å². The van der Waals surface area contributed by atoms with Crippen LogP contribution in [0.4, 0.5) is 0 Å². The molecule has 0 aliphatic heterocycles. The third-order valence-corrected chi connectivity index (χ3v) is 4.85. The molecule has 0 aliphatic carbocycles. The number of ketones is 1. The van der Waals surface area contributed by atoms with Gasteiger partial charge in [0.05, 0.1) is 32.8 Å². The van der Waals surface area contributed by atoms with Crippen LogP contribution in [-0.2, 0) is 17.6 Å². The highest BCUT2D eigenvalue weighted by molar-refractivity contribution is 7.09. The monoisotopic (exact) mass is 399 g/mol. The number of Topliss-reactive ketones (excluding diaryl/α,β-unsaturated/α-hetero) is 1. The third kappa shape index (κ3) is 4.61. The molecular formula is C21H21NO5S. The van der Waals surface area contributed by atoms with Crippen LogP contribution in [-0.4, -0.2) is 32.1 Å². The van der Waals surface area contributed by atoms with Crippen LogP contribution < -0.4 is 18.9 Å². The van der Waals surface area contributed by atoms with Gasteiger partial charge in [-0.3, -0.25) is 4.79 Å². The molecule has 0 fully saturated rings. The van der Waals surface area contributed by atoms with Gasteiger partial charge in [-0.05, 0) is 30.3 Å². The van der Waals surface area contributed by atoms with Crippen molar-refractivity contribution in [2.24, 2.45) is 0 Å². The molecule has 0 saturated heterocycles. The molecule has 0 N–H and O–H groups in total. The Bertz CT molecular complexity index is 940. The number of carbonyl (C=O) groups excluding carboxylic acids is 1. The van der Waals surface area contributed by atoms with E-state index >= 15 is 0 Å². The number of benzene rings is 2. The summed E-state index contributed by atoms with van der Waals surface area (Å²) in [6.07, 6.45) is 2.19. The van der Waals surface area contributed by atoms with Crippen LogP contribution in [0.3, 0.4) is 0 Å². The number of para-hydroxylation sites is 1. The normalized spacial score (nSPS) is 10.4. The standard InChI is InChI=1S/C21H21NO5S/c1-24-16-7-8-17(27-19-6-4-5-18(25-2)21(19)26-3)14(12-16)11-15(23)13-20-22-9-10-28-20/h4-10,12H,11,13H2,1-3H3. The Balaban J connectivity index is 1.88. The van der Waals surface area contributed by atoms with E-state index in [2.05, 4.69) is 4.98 Å². The molecule has 28 heavy (non-hydrogen) atoms. The maximum absolute atomic E-state index is 12.5. The fourth-order valence-electron chi connectivity index (χ4n) is 2.76. The minimum atomic E-state index is 0.0469. The lowest BCUT2D eigenvalue weighted by Crippen LogP contribution is -2.08. The fourth-order valence-corrected chi connectivity index (χ4v) is 3.41. The Morgan fingerprint density at radius 2 is 1.79 bits per heavy atom. The number of nitrogens with zero attached hydrogens (tertiary/aromatic N) is 1. The Hall–Kier alpha value is -3.06. The topological polar surface area (TPSA) is 66.9 Å². The number of hydrogen-bond acceptors (Lipinski definition) is 7. The summed E-state index contributed by atoms with van der Waals surface area (Å²) in [5, 5.41) is 2.66. The van der Waals surface area contributed by atoms with Crippen LogP contribution >= 0.6 is 11.3 Å². The van der Waals surface area contributed by atoms with Gasteiger partial charge < -0.3 is 18.9 Å². The number of ether oxygens (including phenoxy) is 4. The van der Waals surface area contributed by atoms with Crippen molar-refractivity contribution < 1.29 is 23.7 Å². The van der Waals surface area contributed by atoms with E-state index in [9.17, 15) is 4.79 Å². The summed E-state index contributed by atoms with van der Waals surface area (Å²) >= 11 is 1.47. The van der Waals surface area contributed by atoms with Gasteiger partial charge in [0.15, 0.2) is 11.5 Å². The smallest absolute Gasteiger partial charge is 0.203 e. The summed E-state index contributed by atoms with van der Waals surface area (Å²) in [6, 6.07) is 10.8. The molecule has 0 radical (unpaired) electrons. The van der Waals surface area contributed by atoms with E-state index in [-0.39, 0.29) is 18.6 Å². The van der Waals surface area contributed by atoms with E-state index in [1.807, 2.05) is 17.5 Å². The van der Waals surface area contributed by atoms with E-state index < -0.39 is 0 Å². The van der Waals surface area contributed by atoms with Crippen molar-refractivity contribution in [2.45, 2.75) is 12.8 Å². The molecule has 1 aromatic heterocycles. The van der Waals surface area contributed by atoms with Crippen LogP contribution in [0.25, 0.3) is 0 Å². The van der Waals surface area contributed by atoms with Crippen molar-refractivity contribution in [1.82, 2.24) is 4.98 Å². The fraction of sp³-hybridized carbons (Fsp3) is 0.238. The van der Waals surface area contributed by atoms with E-state index in [0.29, 0.717) is 28.7 Å². The van der Waals surface area contributed by atoms with Gasteiger partial charge in [0.1, 0.15) is 17.3 Å². The number of rotatable bonds is 9. The Kier molecular flexibility index (Phi) is 6.49. The highest BCUT2D eigenvalue weighted by atomic mass is 32.1. The average molecular weight is 399 g/mol. The highest BCUT2D eigenvalue weighted by Gasteiger charge is 2.16. The summed E-state index contributed by atoms with van der Waals surface area (Å²) in [6.45, 7) is 0. The molecule has 0 bridgehead atoms. The van der Waals surface area contributed by atoms with E-state index in [0.717, 1.165) is 10.6 Å². The molecule has 0 aliphatic rings. The summed E-state index contributed by atoms with van der Waals surface area (Å²) in [7, 11) is 4.71. The van der Waals surface area contributed by atoms with Gasteiger partial charge in [-0.2, -0.15) is 0 Å². The summed E-state index contributed by atoms with van der Waals surface area (Å²) in [4.78, 5) is 16.7. The zero-order valence-electron chi connectivity index (χ0n) is 15.9. The van der Waals surface area contributed by atoms with Gasteiger partial charge >= 0.3 is 0 Å². The highest BCUT2D eigenvalue weighted by Crippen LogP contribution is 2.40. The first-order valence-corrected chi connectivity index (χ1v) is 9.48. The zero-order chi connectivity index (χ0) is 19.9. The minimum Gasteiger partial charge on any atom is -0.497 e. The van der Waals surface area contributed by atoms with Crippen molar-refractivity contribution in [1.29, 1.82) is 0 Å². The van der Waals surface area contributed by atoms with Gasteiger partial charge in [-0.1, -0.05) is 6.07 Å². The Labute approximate surface area is 167 Å². The summed E-state index contributed by atoms with van der Waals surface area (Å²) in [5.74, 6) is 2.81. The molecule has 6 nitrogen and oxygen atoms in total. The predicted molar refractivity (Wildman–Crippen MR) is 107 cm³/mol. The maximum Gasteiger partial charge on any atom is 0.203 e. The summed E-state index contributed by atoms with van der Waals surface area (Å²) < 4.78 is 22.1. The van der Waals surface area contributed by atoms with Gasteiger partial charge in [0, 0.05) is 23.6 Å². The molecule has 3 rings (SSSR count). The number of aromatic nitrogens is 1. The SMILES string of the molecule is COc1ccc(Oc2cccc(OC)c2OC)c(CC(=O)Cc2nccs2)c1. The predicted octanol–water partition coefficient (Wildman–Crippen LogP) is 4.32. The van der Waals surface area contributed by atoms with Crippen LogP contribution in [0.2, 0.25) is 0 Å². The van der Waals surface area contributed by atoms with Crippen molar-refractivity contribution in [2.75, 3.05) is 21.3 Å². The van der Waals surface area contributed by atoms with E-state index in [1.165, 1.54) is 11.3 Å². The third-order valence-electron chi connectivity index (χ3n) is 4.07. The number of hydrogen-bond donors (Lipinski definition) is 0. The van der Waals surface area contributed by atoms with Gasteiger partial charge in [0.2, 0.25) is 5.75 Å². The second-order valence-corrected chi connectivity index (χ2v) is 6.86. The average Bonchev–Trinajstić information content (AvgIpc) is 3.21. The Morgan fingerprint density at radius 3 is 2.46 bits per heavy atom. The second-order valence-electron chi connectivity index (χ2n) is 5.89. The van der Waals surface area contributed by atoms with E-state index in [4.69, 9.17) is 18.9 Å². The van der Waals surface area contributed by atoms with Crippen LogP contribution in [0.5, 0.6) is 28.7 Å². The van der Waals surface area contributed by atoms with E-state index in [1.54, 1.807) is 51.8 Å². The quantitative estimate of drug-likeness (QED) is 0.534. The molecule has 2 aromatic carbocycles. The van der Waals surface area contributed by atoms with Crippen molar-refractivity contribution in [3.8, 4) is 28.7 Å². The molecule has 0 spiro atoms. The number of carbonyl (C=O) groups is 1. The largest absolute Gasteiger partial charge is 0.497 e. The van der Waals surface area contributed by atoms with Crippen molar-refractivity contribution in [3.05, 3.63) is 58.5 Å². The molecule has 0 amide bonds. The number of thiazole rings is 1. The maximum atomic E-state index is 12.5. The minimum absolute atomic E-state index is 0.0469. The number of methoxy groups -OCH3 is 3. The molecular weight excluding hydrogens is 378 g/mol. The van der Waals surface area contributed by atoms with Crippen LogP contribution in [0.15, 0.2) is 48.0 Å². The van der Waals surface area contributed by atoms with Gasteiger partial charge in [-0.15, -0.1) is 11.3 Å². The van der Waals surface area contributed by atoms with Crippen LogP contribution in [0.1, 0.15) is 10.6 Å². The summed E-state index contributed by atoms with van der Waals surface area (Å²) in [5.41, 5.74) is 0.728. The first-order chi connectivity index (χ1) is 13.6. The van der Waals surface area contributed by atoms with Crippen molar-refractivity contribution >= 4 is 17.1 Å². The molecule has 0 unspecified atom stereocenters. The van der Waals surface area contributed by atoms with Gasteiger partial charge in [-0.25, -0.2) is 4.98 Å².